The van der Waals surface area contributed by atoms with Crippen LogP contribution in [0.1, 0.15) is 27.0 Å². The highest BCUT2D eigenvalue weighted by Gasteiger charge is 2.08. The normalized spacial score (nSPS) is 10.8. The Hall–Kier alpha value is -2.39. The summed E-state index contributed by atoms with van der Waals surface area (Å²) in [6.45, 7) is 2.15. The molecular formula is C19H20O3. The molecule has 0 aliphatic heterocycles. The summed E-state index contributed by atoms with van der Waals surface area (Å²) >= 11 is 0. The van der Waals surface area contributed by atoms with Crippen molar-refractivity contribution >= 4 is 12.4 Å². The molecule has 0 aromatic heterocycles. The van der Waals surface area contributed by atoms with Crippen LogP contribution >= 0.6 is 0 Å². The molecule has 2 aromatic rings. The predicted octanol–water partition coefficient (Wildman–Crippen LogP) is 4.05. The Balaban J connectivity index is 2.21. The lowest BCUT2D eigenvalue weighted by Crippen LogP contribution is -2.04. The number of benzene rings is 2. The van der Waals surface area contributed by atoms with Crippen molar-refractivity contribution in [3.63, 3.8) is 0 Å². The maximum absolute atomic E-state index is 11.0. The van der Waals surface area contributed by atoms with Crippen molar-refractivity contribution in [2.24, 2.45) is 0 Å². The van der Waals surface area contributed by atoms with Crippen LogP contribution in [0.3, 0.4) is 0 Å². The Morgan fingerprint density at radius 1 is 1.09 bits per heavy atom. The summed E-state index contributed by atoms with van der Waals surface area (Å²) in [5, 5.41) is 0. The number of carbonyl (C=O) groups is 1. The van der Waals surface area contributed by atoms with Crippen molar-refractivity contribution in [3.8, 4) is 5.75 Å². The molecule has 2 rings (SSSR count). The summed E-state index contributed by atoms with van der Waals surface area (Å²) in [5.41, 5.74) is 3.87. The van der Waals surface area contributed by atoms with Crippen molar-refractivity contribution in [3.05, 3.63) is 70.8 Å². The second-order valence-corrected chi connectivity index (χ2v) is 5.00. The van der Waals surface area contributed by atoms with Gasteiger partial charge in [-0.15, -0.1) is 0 Å². The first-order chi connectivity index (χ1) is 10.7. The van der Waals surface area contributed by atoms with Gasteiger partial charge in [-0.3, -0.25) is 4.79 Å². The molecule has 0 bridgehead atoms. The van der Waals surface area contributed by atoms with Crippen LogP contribution in [0.5, 0.6) is 5.75 Å². The monoisotopic (exact) mass is 296 g/mol. The first kappa shape index (κ1) is 16.0. The maximum atomic E-state index is 11.0. The van der Waals surface area contributed by atoms with Crippen molar-refractivity contribution in [1.82, 2.24) is 0 Å². The summed E-state index contributed by atoms with van der Waals surface area (Å²) in [6, 6.07) is 13.8. The van der Waals surface area contributed by atoms with Gasteiger partial charge in [0.05, 0.1) is 0 Å². The Labute approximate surface area is 131 Å². The van der Waals surface area contributed by atoms with Gasteiger partial charge in [-0.05, 0) is 36.6 Å². The van der Waals surface area contributed by atoms with Crippen LogP contribution in [0, 0.1) is 6.92 Å². The van der Waals surface area contributed by atoms with Crippen LogP contribution < -0.4 is 4.74 Å². The second-order valence-electron chi connectivity index (χ2n) is 5.00. The Bertz CT molecular complexity index is 645. The topological polar surface area (TPSA) is 35.5 Å². The number of aldehydes is 1. The van der Waals surface area contributed by atoms with Gasteiger partial charge in [-0.25, -0.2) is 0 Å². The van der Waals surface area contributed by atoms with E-state index in [1.54, 1.807) is 13.2 Å². The molecule has 0 radical (unpaired) electrons. The van der Waals surface area contributed by atoms with Gasteiger partial charge in [-0.2, -0.15) is 0 Å². The minimum atomic E-state index is 0.164. The molecule has 0 amide bonds. The third kappa shape index (κ3) is 4.30. The standard InChI is InChI=1S/C19H20O3/c1-15-11-17(13-20)12-19(22-14-21-2)18(15)10-6-9-16-7-4-3-5-8-16/h3-9,11-13H,10,14H2,1-2H3/b9-6+. The van der Waals surface area contributed by atoms with E-state index in [9.17, 15) is 4.79 Å². The highest BCUT2D eigenvalue weighted by Crippen LogP contribution is 2.25. The van der Waals surface area contributed by atoms with Crippen LogP contribution in [0.25, 0.3) is 6.08 Å². The molecule has 0 spiro atoms. The Morgan fingerprint density at radius 2 is 1.86 bits per heavy atom. The summed E-state index contributed by atoms with van der Waals surface area (Å²) in [5.74, 6) is 0.696. The van der Waals surface area contributed by atoms with Gasteiger partial charge in [0, 0.05) is 18.2 Å². The lowest BCUT2D eigenvalue weighted by atomic mass is 10.0. The first-order valence-electron chi connectivity index (χ1n) is 7.16. The lowest BCUT2D eigenvalue weighted by Gasteiger charge is -2.13. The SMILES string of the molecule is COCOc1cc(C=O)cc(C)c1C/C=C/c1ccccc1. The predicted molar refractivity (Wildman–Crippen MR) is 88.3 cm³/mol. The highest BCUT2D eigenvalue weighted by atomic mass is 16.7. The largest absolute Gasteiger partial charge is 0.467 e. The number of ether oxygens (including phenoxy) is 2. The summed E-state index contributed by atoms with van der Waals surface area (Å²) in [7, 11) is 1.57. The average molecular weight is 296 g/mol. The third-order valence-corrected chi connectivity index (χ3v) is 3.35. The van der Waals surface area contributed by atoms with Crippen molar-refractivity contribution in [1.29, 1.82) is 0 Å². The molecule has 0 unspecified atom stereocenters. The molecular weight excluding hydrogens is 276 g/mol. The second kappa shape index (κ2) is 8.15. The zero-order valence-electron chi connectivity index (χ0n) is 12.9. The molecule has 0 heterocycles. The number of methoxy groups -OCH3 is 1. The zero-order chi connectivity index (χ0) is 15.8. The third-order valence-electron chi connectivity index (χ3n) is 3.35. The van der Waals surface area contributed by atoms with Gasteiger partial charge < -0.3 is 9.47 Å². The molecule has 0 saturated heterocycles. The van der Waals surface area contributed by atoms with E-state index in [2.05, 4.69) is 24.3 Å². The van der Waals surface area contributed by atoms with Gasteiger partial charge in [-0.1, -0.05) is 42.5 Å². The summed E-state index contributed by atoms with van der Waals surface area (Å²) in [6.07, 6.45) is 5.74. The molecule has 114 valence electrons. The molecule has 0 aliphatic carbocycles. The molecule has 3 heteroatoms. The van der Waals surface area contributed by atoms with Crippen molar-refractivity contribution < 1.29 is 14.3 Å². The number of carbonyl (C=O) groups excluding carboxylic acids is 1. The zero-order valence-corrected chi connectivity index (χ0v) is 12.9. The minimum absolute atomic E-state index is 0.164. The highest BCUT2D eigenvalue weighted by molar-refractivity contribution is 5.76. The van der Waals surface area contributed by atoms with E-state index in [0.29, 0.717) is 11.3 Å². The molecule has 3 nitrogen and oxygen atoms in total. The van der Waals surface area contributed by atoms with Gasteiger partial charge in [0.2, 0.25) is 0 Å². The molecule has 0 aliphatic rings. The number of aryl methyl sites for hydroxylation is 1. The first-order valence-corrected chi connectivity index (χ1v) is 7.16. The van der Waals surface area contributed by atoms with Crippen molar-refractivity contribution in [2.45, 2.75) is 13.3 Å². The minimum Gasteiger partial charge on any atom is -0.467 e. The smallest absolute Gasteiger partial charge is 0.188 e. The molecule has 0 N–H and O–H groups in total. The van der Waals surface area contributed by atoms with E-state index >= 15 is 0 Å². The van der Waals surface area contributed by atoms with Crippen LogP contribution in [0.4, 0.5) is 0 Å². The Kier molecular flexibility index (Phi) is 5.92. The van der Waals surface area contributed by atoms with Crippen LogP contribution in [-0.4, -0.2) is 20.2 Å². The van der Waals surface area contributed by atoms with E-state index in [-0.39, 0.29) is 6.79 Å². The van der Waals surface area contributed by atoms with Gasteiger partial charge >= 0.3 is 0 Å². The Morgan fingerprint density at radius 3 is 2.55 bits per heavy atom. The lowest BCUT2D eigenvalue weighted by molar-refractivity contribution is 0.0504. The van der Waals surface area contributed by atoms with E-state index in [1.165, 1.54) is 0 Å². The fourth-order valence-electron chi connectivity index (χ4n) is 2.27. The summed E-state index contributed by atoms with van der Waals surface area (Å²) < 4.78 is 10.6. The van der Waals surface area contributed by atoms with Crippen molar-refractivity contribution in [2.75, 3.05) is 13.9 Å². The van der Waals surface area contributed by atoms with E-state index in [4.69, 9.17) is 9.47 Å². The van der Waals surface area contributed by atoms with Gasteiger partial charge in [0.15, 0.2) is 6.79 Å². The number of rotatable bonds is 7. The van der Waals surface area contributed by atoms with E-state index in [0.717, 1.165) is 29.4 Å². The molecule has 0 atom stereocenters. The van der Waals surface area contributed by atoms with Gasteiger partial charge in [0.25, 0.3) is 0 Å². The number of hydrogen-bond donors (Lipinski definition) is 0. The maximum Gasteiger partial charge on any atom is 0.188 e. The molecule has 22 heavy (non-hydrogen) atoms. The number of allylic oxidation sites excluding steroid dienone is 1. The fraction of sp³-hybridized carbons (Fsp3) is 0.211. The fourth-order valence-corrected chi connectivity index (χ4v) is 2.27. The average Bonchev–Trinajstić information content (AvgIpc) is 2.55. The van der Waals surface area contributed by atoms with Crippen LogP contribution in [0.2, 0.25) is 0 Å². The quantitative estimate of drug-likeness (QED) is 0.571. The summed E-state index contributed by atoms with van der Waals surface area (Å²) in [4.78, 5) is 11.0. The molecule has 0 fully saturated rings. The molecule has 2 aromatic carbocycles. The van der Waals surface area contributed by atoms with E-state index in [1.807, 2.05) is 31.2 Å². The van der Waals surface area contributed by atoms with Crippen LogP contribution in [-0.2, 0) is 11.2 Å². The molecule has 0 saturated carbocycles. The van der Waals surface area contributed by atoms with Gasteiger partial charge in [0.1, 0.15) is 12.0 Å². The van der Waals surface area contributed by atoms with E-state index < -0.39 is 0 Å². The number of hydrogen-bond acceptors (Lipinski definition) is 3. The van der Waals surface area contributed by atoms with Crippen LogP contribution in [0.15, 0.2) is 48.5 Å².